The summed E-state index contributed by atoms with van der Waals surface area (Å²) in [6.45, 7) is 2.45. The van der Waals surface area contributed by atoms with Gasteiger partial charge >= 0.3 is 0 Å². The van der Waals surface area contributed by atoms with Gasteiger partial charge in [-0.05, 0) is 31.2 Å². The Morgan fingerprint density at radius 3 is 2.47 bits per heavy atom. The molecule has 1 aromatic rings. The minimum Gasteiger partial charge on any atom is -0.497 e. The molecule has 0 saturated carbocycles. The summed E-state index contributed by atoms with van der Waals surface area (Å²) in [6, 6.07) is 8.09. The number of hydrogen-bond acceptors (Lipinski definition) is 3. The molecule has 84 valence electrons. The van der Waals surface area contributed by atoms with Crippen molar-refractivity contribution in [3.63, 3.8) is 0 Å². The molecule has 0 spiro atoms. The highest BCUT2D eigenvalue weighted by Gasteiger charge is 1.94. The Hall–Kier alpha value is -1.06. The van der Waals surface area contributed by atoms with Gasteiger partial charge in [0.05, 0.1) is 20.3 Å². The van der Waals surface area contributed by atoms with Crippen molar-refractivity contribution in [3.05, 3.63) is 29.8 Å². The Labute approximate surface area is 91.4 Å². The second kappa shape index (κ2) is 7.26. The van der Waals surface area contributed by atoms with Gasteiger partial charge in [0, 0.05) is 6.54 Å². The van der Waals surface area contributed by atoms with Crippen molar-refractivity contribution in [1.82, 2.24) is 5.32 Å². The monoisotopic (exact) mass is 209 g/mol. The van der Waals surface area contributed by atoms with Crippen LogP contribution in [0.3, 0.4) is 0 Å². The Bertz CT molecular complexity index is 259. The molecule has 15 heavy (non-hydrogen) atoms. The fourth-order valence-electron chi connectivity index (χ4n) is 1.26. The molecule has 0 fully saturated rings. The van der Waals surface area contributed by atoms with Crippen LogP contribution >= 0.6 is 0 Å². The van der Waals surface area contributed by atoms with Gasteiger partial charge in [-0.15, -0.1) is 0 Å². The summed E-state index contributed by atoms with van der Waals surface area (Å²) < 4.78 is 10.5. The van der Waals surface area contributed by atoms with Crippen LogP contribution in [0, 0.1) is 0 Å². The maximum Gasteiger partial charge on any atom is 0.118 e. The first-order valence-electron chi connectivity index (χ1n) is 5.22. The molecule has 0 bridgehead atoms. The summed E-state index contributed by atoms with van der Waals surface area (Å²) in [5, 5.41) is 3.04. The lowest BCUT2D eigenvalue weighted by Gasteiger charge is -2.05. The Kier molecular flexibility index (Phi) is 5.81. The lowest BCUT2D eigenvalue weighted by atomic mass is 10.1. The standard InChI is InChI=1S/C12H19NO2/c1-13-8-10-15-9-7-11-3-5-12(14-2)6-4-11/h3-6,13H,7-10H2,1-2H3. The summed E-state index contributed by atoms with van der Waals surface area (Å²) in [6.07, 6.45) is 0.952. The third kappa shape index (κ3) is 4.81. The zero-order valence-electron chi connectivity index (χ0n) is 9.45. The molecule has 3 heteroatoms. The van der Waals surface area contributed by atoms with Gasteiger partial charge in [0.1, 0.15) is 5.75 Å². The number of hydrogen-bond donors (Lipinski definition) is 1. The molecule has 3 nitrogen and oxygen atoms in total. The highest BCUT2D eigenvalue weighted by atomic mass is 16.5. The molecule has 0 unspecified atom stereocenters. The van der Waals surface area contributed by atoms with Gasteiger partial charge in [-0.3, -0.25) is 0 Å². The average Bonchev–Trinajstić information content (AvgIpc) is 2.30. The van der Waals surface area contributed by atoms with E-state index in [0.717, 1.165) is 31.9 Å². The molecule has 0 saturated heterocycles. The van der Waals surface area contributed by atoms with Gasteiger partial charge in [0.15, 0.2) is 0 Å². The molecule has 0 heterocycles. The maximum atomic E-state index is 5.44. The van der Waals surface area contributed by atoms with E-state index >= 15 is 0 Å². The Morgan fingerprint density at radius 2 is 1.87 bits per heavy atom. The zero-order valence-corrected chi connectivity index (χ0v) is 9.45. The van der Waals surface area contributed by atoms with Crippen molar-refractivity contribution in [2.24, 2.45) is 0 Å². The van der Waals surface area contributed by atoms with E-state index in [1.165, 1.54) is 5.56 Å². The molecule has 0 aromatic heterocycles. The van der Waals surface area contributed by atoms with E-state index in [-0.39, 0.29) is 0 Å². The van der Waals surface area contributed by atoms with Crippen LogP contribution in [0.25, 0.3) is 0 Å². The van der Waals surface area contributed by atoms with E-state index < -0.39 is 0 Å². The SMILES string of the molecule is CNCCOCCc1ccc(OC)cc1. The largest absolute Gasteiger partial charge is 0.497 e. The van der Waals surface area contributed by atoms with E-state index in [4.69, 9.17) is 9.47 Å². The van der Waals surface area contributed by atoms with Crippen LogP contribution < -0.4 is 10.1 Å². The van der Waals surface area contributed by atoms with E-state index in [2.05, 4.69) is 17.4 Å². The fourth-order valence-corrected chi connectivity index (χ4v) is 1.26. The van der Waals surface area contributed by atoms with Gasteiger partial charge in [0.25, 0.3) is 0 Å². The molecule has 0 amide bonds. The second-order valence-corrected chi connectivity index (χ2v) is 3.31. The summed E-state index contributed by atoms with van der Waals surface area (Å²) in [7, 11) is 3.60. The van der Waals surface area contributed by atoms with Crippen LogP contribution in [-0.4, -0.2) is 33.9 Å². The molecule has 0 aliphatic carbocycles. The second-order valence-electron chi connectivity index (χ2n) is 3.31. The molecule has 0 aliphatic heterocycles. The van der Waals surface area contributed by atoms with Crippen molar-refractivity contribution in [1.29, 1.82) is 0 Å². The highest BCUT2D eigenvalue weighted by molar-refractivity contribution is 5.27. The summed E-state index contributed by atoms with van der Waals surface area (Å²) >= 11 is 0. The number of rotatable bonds is 7. The third-order valence-electron chi connectivity index (χ3n) is 2.19. The third-order valence-corrected chi connectivity index (χ3v) is 2.19. The van der Waals surface area contributed by atoms with E-state index in [1.807, 2.05) is 19.2 Å². The highest BCUT2D eigenvalue weighted by Crippen LogP contribution is 2.11. The minimum absolute atomic E-state index is 0.770. The van der Waals surface area contributed by atoms with E-state index in [0.29, 0.717) is 0 Å². The summed E-state index contributed by atoms with van der Waals surface area (Å²) in [5.74, 6) is 0.898. The minimum atomic E-state index is 0.770. The molecule has 0 aliphatic rings. The lowest BCUT2D eigenvalue weighted by molar-refractivity contribution is 0.140. The lowest BCUT2D eigenvalue weighted by Crippen LogP contribution is -2.15. The van der Waals surface area contributed by atoms with Crippen molar-refractivity contribution in [3.8, 4) is 5.75 Å². The number of nitrogens with one attached hydrogen (secondary N) is 1. The Balaban J connectivity index is 2.20. The first kappa shape index (κ1) is 12.0. The van der Waals surface area contributed by atoms with E-state index in [9.17, 15) is 0 Å². The predicted molar refractivity (Wildman–Crippen MR) is 61.4 cm³/mol. The summed E-state index contributed by atoms with van der Waals surface area (Å²) in [5.41, 5.74) is 1.28. The zero-order chi connectivity index (χ0) is 10.9. The fraction of sp³-hybridized carbons (Fsp3) is 0.500. The van der Waals surface area contributed by atoms with Crippen LogP contribution in [0.15, 0.2) is 24.3 Å². The van der Waals surface area contributed by atoms with Crippen molar-refractivity contribution < 1.29 is 9.47 Å². The van der Waals surface area contributed by atoms with Crippen LogP contribution in [0.2, 0.25) is 0 Å². The number of likely N-dealkylation sites (N-methyl/N-ethyl adjacent to an activating group) is 1. The molecular weight excluding hydrogens is 190 g/mol. The summed E-state index contributed by atoms with van der Waals surface area (Å²) in [4.78, 5) is 0. The first-order valence-corrected chi connectivity index (χ1v) is 5.22. The van der Waals surface area contributed by atoms with Gasteiger partial charge in [-0.2, -0.15) is 0 Å². The first-order chi connectivity index (χ1) is 7.36. The van der Waals surface area contributed by atoms with Crippen LogP contribution in [0.5, 0.6) is 5.75 Å². The van der Waals surface area contributed by atoms with Crippen molar-refractivity contribution >= 4 is 0 Å². The molecular formula is C12H19NO2. The van der Waals surface area contributed by atoms with Gasteiger partial charge < -0.3 is 14.8 Å². The maximum absolute atomic E-state index is 5.44. The molecule has 0 atom stereocenters. The number of methoxy groups -OCH3 is 1. The van der Waals surface area contributed by atoms with Crippen molar-refractivity contribution in [2.75, 3.05) is 33.9 Å². The van der Waals surface area contributed by atoms with Crippen molar-refractivity contribution in [2.45, 2.75) is 6.42 Å². The van der Waals surface area contributed by atoms with Crippen LogP contribution in [0.1, 0.15) is 5.56 Å². The van der Waals surface area contributed by atoms with Gasteiger partial charge in [-0.1, -0.05) is 12.1 Å². The quantitative estimate of drug-likeness (QED) is 0.690. The number of ether oxygens (including phenoxy) is 2. The molecule has 1 aromatic carbocycles. The smallest absolute Gasteiger partial charge is 0.118 e. The molecule has 1 rings (SSSR count). The Morgan fingerprint density at radius 1 is 1.13 bits per heavy atom. The number of benzene rings is 1. The topological polar surface area (TPSA) is 30.5 Å². The average molecular weight is 209 g/mol. The van der Waals surface area contributed by atoms with Gasteiger partial charge in [0.2, 0.25) is 0 Å². The molecule has 1 N–H and O–H groups in total. The van der Waals surface area contributed by atoms with Crippen LogP contribution in [-0.2, 0) is 11.2 Å². The van der Waals surface area contributed by atoms with E-state index in [1.54, 1.807) is 7.11 Å². The normalized spacial score (nSPS) is 10.3. The molecule has 0 radical (unpaired) electrons. The van der Waals surface area contributed by atoms with Crippen LogP contribution in [0.4, 0.5) is 0 Å². The van der Waals surface area contributed by atoms with Gasteiger partial charge in [-0.25, -0.2) is 0 Å². The predicted octanol–water partition coefficient (Wildman–Crippen LogP) is 1.47.